The number of aromatic nitrogens is 1. The van der Waals surface area contributed by atoms with E-state index >= 15 is 0 Å². The highest BCUT2D eigenvalue weighted by atomic mass is 35.5. The number of hydrogen-bond donors (Lipinski definition) is 0. The molecule has 1 fully saturated rings. The highest BCUT2D eigenvalue weighted by Crippen LogP contribution is 2.17. The lowest BCUT2D eigenvalue weighted by Gasteiger charge is -2.16. The largest absolute Gasteiger partial charge is 0.348 e. The summed E-state index contributed by atoms with van der Waals surface area (Å²) in [6.07, 6.45) is 2.72. The fourth-order valence-corrected chi connectivity index (χ4v) is 2.98. The molecule has 1 amide bonds. The van der Waals surface area contributed by atoms with Crippen LogP contribution < -0.4 is 0 Å². The SMILES string of the molecule is Cc1cc(C(=O)CCl)c(C)n1CCC(=O)N1CCCC1. The number of Topliss-reactive ketones (excluding diaryl/α,β-unsaturated/α-hetero) is 1. The van der Waals surface area contributed by atoms with Crippen LogP contribution in [0.4, 0.5) is 0 Å². The first-order chi connectivity index (χ1) is 9.54. The summed E-state index contributed by atoms with van der Waals surface area (Å²) in [5.41, 5.74) is 2.58. The Morgan fingerprint density at radius 2 is 1.90 bits per heavy atom. The van der Waals surface area contributed by atoms with E-state index < -0.39 is 0 Å². The number of ketones is 1. The van der Waals surface area contributed by atoms with E-state index in [-0.39, 0.29) is 17.6 Å². The van der Waals surface area contributed by atoms with Crippen molar-refractivity contribution in [3.63, 3.8) is 0 Å². The van der Waals surface area contributed by atoms with Gasteiger partial charge in [-0.05, 0) is 32.8 Å². The summed E-state index contributed by atoms with van der Waals surface area (Å²) in [6.45, 7) is 6.27. The zero-order chi connectivity index (χ0) is 14.7. The van der Waals surface area contributed by atoms with E-state index in [2.05, 4.69) is 0 Å². The molecule has 2 rings (SSSR count). The van der Waals surface area contributed by atoms with Crippen LogP contribution in [0, 0.1) is 13.8 Å². The van der Waals surface area contributed by atoms with Crippen molar-refractivity contribution in [3.8, 4) is 0 Å². The Hall–Kier alpha value is -1.29. The maximum atomic E-state index is 12.1. The second-order valence-electron chi connectivity index (χ2n) is 5.33. The van der Waals surface area contributed by atoms with Crippen molar-refractivity contribution in [2.75, 3.05) is 19.0 Å². The van der Waals surface area contributed by atoms with E-state index in [4.69, 9.17) is 11.6 Å². The molecule has 0 bridgehead atoms. The van der Waals surface area contributed by atoms with Gasteiger partial charge in [-0.15, -0.1) is 11.6 Å². The summed E-state index contributed by atoms with van der Waals surface area (Å²) in [6, 6.07) is 1.86. The van der Waals surface area contributed by atoms with Gasteiger partial charge in [0.2, 0.25) is 5.91 Å². The number of halogens is 1. The second kappa shape index (κ2) is 6.44. The lowest BCUT2D eigenvalue weighted by Crippen LogP contribution is -2.28. The molecule has 0 spiro atoms. The van der Waals surface area contributed by atoms with E-state index in [1.54, 1.807) is 0 Å². The van der Waals surface area contributed by atoms with E-state index in [0.29, 0.717) is 18.5 Å². The molecule has 5 heteroatoms. The summed E-state index contributed by atoms with van der Waals surface area (Å²) in [7, 11) is 0. The van der Waals surface area contributed by atoms with Gasteiger partial charge in [0.15, 0.2) is 5.78 Å². The minimum Gasteiger partial charge on any atom is -0.348 e. The predicted molar refractivity (Wildman–Crippen MR) is 79.4 cm³/mol. The summed E-state index contributed by atoms with van der Waals surface area (Å²) >= 11 is 5.61. The van der Waals surface area contributed by atoms with Crippen molar-refractivity contribution >= 4 is 23.3 Å². The molecule has 4 nitrogen and oxygen atoms in total. The molecule has 0 aromatic carbocycles. The fraction of sp³-hybridized carbons (Fsp3) is 0.600. The van der Waals surface area contributed by atoms with Crippen LogP contribution in [-0.2, 0) is 11.3 Å². The van der Waals surface area contributed by atoms with Gasteiger partial charge in [-0.3, -0.25) is 9.59 Å². The molecule has 0 atom stereocenters. The summed E-state index contributed by atoms with van der Waals surface area (Å²) in [4.78, 5) is 25.7. The quantitative estimate of drug-likeness (QED) is 0.619. The van der Waals surface area contributed by atoms with Crippen molar-refractivity contribution in [3.05, 3.63) is 23.0 Å². The van der Waals surface area contributed by atoms with Gasteiger partial charge >= 0.3 is 0 Å². The van der Waals surface area contributed by atoms with Crippen LogP contribution in [0.25, 0.3) is 0 Å². The molecule has 1 aliphatic heterocycles. The highest BCUT2D eigenvalue weighted by Gasteiger charge is 2.19. The van der Waals surface area contributed by atoms with Crippen molar-refractivity contribution < 1.29 is 9.59 Å². The van der Waals surface area contributed by atoms with Gasteiger partial charge in [0.1, 0.15) is 0 Å². The number of aryl methyl sites for hydroxylation is 1. The Labute approximate surface area is 124 Å². The van der Waals surface area contributed by atoms with Crippen molar-refractivity contribution in [1.82, 2.24) is 9.47 Å². The summed E-state index contributed by atoms with van der Waals surface area (Å²) < 4.78 is 2.04. The van der Waals surface area contributed by atoms with Crippen molar-refractivity contribution in [1.29, 1.82) is 0 Å². The van der Waals surface area contributed by atoms with Gasteiger partial charge in [0, 0.05) is 43.0 Å². The Morgan fingerprint density at radius 1 is 1.25 bits per heavy atom. The molecule has 1 saturated heterocycles. The molecule has 1 aromatic heterocycles. The van der Waals surface area contributed by atoms with Crippen LogP contribution in [0.5, 0.6) is 0 Å². The molecule has 0 unspecified atom stereocenters. The maximum Gasteiger partial charge on any atom is 0.224 e. The monoisotopic (exact) mass is 296 g/mol. The average Bonchev–Trinajstić information content (AvgIpc) is 3.05. The van der Waals surface area contributed by atoms with E-state index in [1.807, 2.05) is 29.4 Å². The highest BCUT2D eigenvalue weighted by molar-refractivity contribution is 6.30. The molecule has 0 saturated carbocycles. The van der Waals surface area contributed by atoms with Gasteiger partial charge in [-0.1, -0.05) is 0 Å². The summed E-state index contributed by atoms with van der Waals surface area (Å²) in [5, 5.41) is 0. The van der Waals surface area contributed by atoms with Gasteiger partial charge in [0.05, 0.1) is 5.88 Å². The Balaban J connectivity index is 2.04. The fourth-order valence-electron chi connectivity index (χ4n) is 2.83. The molecular weight excluding hydrogens is 276 g/mol. The Morgan fingerprint density at radius 3 is 2.50 bits per heavy atom. The zero-order valence-electron chi connectivity index (χ0n) is 12.1. The first-order valence-corrected chi connectivity index (χ1v) is 7.61. The number of likely N-dealkylation sites (tertiary alicyclic amines) is 1. The van der Waals surface area contributed by atoms with E-state index in [1.165, 1.54) is 0 Å². The maximum absolute atomic E-state index is 12.1. The first-order valence-electron chi connectivity index (χ1n) is 7.08. The second-order valence-corrected chi connectivity index (χ2v) is 5.60. The van der Waals surface area contributed by atoms with Crippen LogP contribution >= 0.6 is 11.6 Å². The van der Waals surface area contributed by atoms with E-state index in [0.717, 1.165) is 37.3 Å². The minimum atomic E-state index is -0.0584. The van der Waals surface area contributed by atoms with E-state index in [9.17, 15) is 9.59 Å². The van der Waals surface area contributed by atoms with Crippen LogP contribution in [-0.4, -0.2) is 40.1 Å². The third kappa shape index (κ3) is 3.06. The Kier molecular flexibility index (Phi) is 4.86. The predicted octanol–water partition coefficient (Wildman–Crippen LogP) is 2.54. The number of rotatable bonds is 5. The summed E-state index contributed by atoms with van der Waals surface area (Å²) in [5.74, 6) is 0.147. The molecule has 1 aromatic rings. The molecule has 110 valence electrons. The van der Waals surface area contributed by atoms with Crippen LogP contribution in [0.3, 0.4) is 0 Å². The van der Waals surface area contributed by atoms with Crippen LogP contribution in [0.2, 0.25) is 0 Å². The van der Waals surface area contributed by atoms with Gasteiger partial charge in [-0.2, -0.15) is 0 Å². The Bertz CT molecular complexity index is 516. The van der Waals surface area contributed by atoms with Crippen LogP contribution in [0.15, 0.2) is 6.07 Å². The number of hydrogen-bond acceptors (Lipinski definition) is 2. The smallest absolute Gasteiger partial charge is 0.224 e. The number of nitrogens with zero attached hydrogens (tertiary/aromatic N) is 2. The van der Waals surface area contributed by atoms with Gasteiger partial charge < -0.3 is 9.47 Å². The average molecular weight is 297 g/mol. The number of alkyl halides is 1. The number of carbonyl (C=O) groups is 2. The van der Waals surface area contributed by atoms with Crippen molar-refractivity contribution in [2.45, 2.75) is 39.7 Å². The molecule has 0 aliphatic carbocycles. The molecular formula is C15H21ClN2O2. The van der Waals surface area contributed by atoms with Crippen LogP contribution in [0.1, 0.15) is 41.0 Å². The third-order valence-electron chi connectivity index (χ3n) is 4.00. The molecule has 1 aliphatic rings. The third-order valence-corrected chi connectivity index (χ3v) is 4.25. The minimum absolute atomic E-state index is 0.00297. The number of amides is 1. The van der Waals surface area contributed by atoms with Gasteiger partial charge in [-0.25, -0.2) is 0 Å². The first kappa shape index (κ1) is 15.1. The molecule has 0 N–H and O–H groups in total. The number of carbonyl (C=O) groups excluding carboxylic acids is 2. The lowest BCUT2D eigenvalue weighted by atomic mass is 10.2. The standard InChI is InChI=1S/C15H21ClN2O2/c1-11-9-13(14(19)10-16)12(2)18(11)8-5-15(20)17-6-3-4-7-17/h9H,3-8,10H2,1-2H3. The lowest BCUT2D eigenvalue weighted by molar-refractivity contribution is -0.130. The molecule has 2 heterocycles. The normalized spacial score (nSPS) is 14.8. The topological polar surface area (TPSA) is 42.3 Å². The van der Waals surface area contributed by atoms with Crippen molar-refractivity contribution in [2.24, 2.45) is 0 Å². The molecule has 20 heavy (non-hydrogen) atoms. The zero-order valence-corrected chi connectivity index (χ0v) is 12.9. The van der Waals surface area contributed by atoms with Gasteiger partial charge in [0.25, 0.3) is 0 Å². The molecule has 0 radical (unpaired) electrons.